The number of nitrogens with zero attached hydrogens (tertiary/aromatic N) is 2. The Kier molecular flexibility index (Phi) is 4.93. The molecule has 0 atom stereocenters. The topological polar surface area (TPSA) is 7.65 Å². The number of hydrogen-bond acceptors (Lipinski definition) is 1. The van der Waals surface area contributed by atoms with Crippen molar-refractivity contribution in [2.24, 2.45) is 0 Å². The number of para-hydroxylation sites is 2. The van der Waals surface area contributed by atoms with E-state index < -0.39 is 0 Å². The van der Waals surface area contributed by atoms with Crippen LogP contribution >= 0.6 is 0 Å². The van der Waals surface area contributed by atoms with E-state index in [2.05, 4.69) is 167 Å². The fraction of sp³-hybridized carbons (Fsp3) is 0. The molecule has 2 heteroatoms. The molecule has 0 spiro atoms. The minimum absolute atomic E-state index is 1.13. The first-order valence-electron chi connectivity index (χ1n) is 14.5. The maximum Gasteiger partial charge on any atom is 0.0620 e. The summed E-state index contributed by atoms with van der Waals surface area (Å²) in [6.07, 6.45) is 0. The quantitative estimate of drug-likeness (QED) is 0.218. The summed E-state index contributed by atoms with van der Waals surface area (Å²) in [6, 6.07) is 57.2. The van der Waals surface area contributed by atoms with Gasteiger partial charge in [0.2, 0.25) is 0 Å². The Morgan fingerprint density at radius 3 is 1.81 bits per heavy atom. The molecule has 0 aliphatic rings. The fourth-order valence-corrected chi connectivity index (χ4v) is 6.82. The van der Waals surface area contributed by atoms with Crippen LogP contribution in [0.1, 0.15) is 0 Å². The van der Waals surface area contributed by atoms with E-state index in [1.807, 2.05) is 0 Å². The molecule has 0 bridgehead atoms. The number of fused-ring (bicyclic) bond motifs is 7. The highest BCUT2D eigenvalue weighted by Gasteiger charge is 2.20. The molecule has 9 rings (SSSR count). The van der Waals surface area contributed by atoms with Gasteiger partial charge in [-0.15, -0.1) is 0 Å². The molecule has 42 heavy (non-hydrogen) atoms. The van der Waals surface area contributed by atoms with Gasteiger partial charge in [0.25, 0.3) is 0 Å². The molecule has 196 valence electrons. The largest absolute Gasteiger partial charge is 0.310 e. The Bertz CT molecular complexity index is 2390. The summed E-state index contributed by atoms with van der Waals surface area (Å²) in [5.41, 5.74) is 9.64. The van der Waals surface area contributed by atoms with Crippen LogP contribution < -0.4 is 4.90 Å². The van der Waals surface area contributed by atoms with E-state index in [0.29, 0.717) is 0 Å². The zero-order valence-corrected chi connectivity index (χ0v) is 22.9. The number of aromatic nitrogens is 1. The highest BCUT2D eigenvalue weighted by Crippen LogP contribution is 2.44. The summed E-state index contributed by atoms with van der Waals surface area (Å²) in [6.45, 7) is 0. The average molecular weight is 535 g/mol. The first-order valence-corrected chi connectivity index (χ1v) is 14.5. The lowest BCUT2D eigenvalue weighted by molar-refractivity contribution is 1.29. The number of benzene rings is 7. The molecule has 0 amide bonds. The predicted molar refractivity (Wildman–Crippen MR) is 179 cm³/mol. The van der Waals surface area contributed by atoms with Gasteiger partial charge in [-0.3, -0.25) is 0 Å². The van der Waals surface area contributed by atoms with Crippen molar-refractivity contribution in [1.29, 1.82) is 0 Å². The van der Waals surface area contributed by atoms with Gasteiger partial charge in [-0.1, -0.05) is 121 Å². The highest BCUT2D eigenvalue weighted by atomic mass is 15.1. The van der Waals surface area contributed by atoms with Crippen LogP contribution in [0.3, 0.4) is 0 Å². The second kappa shape index (κ2) is 8.95. The standard InChI is InChI=1S/C40H26N2/c1-2-10-27(11-3-1)28-20-22-30(23-21-28)41(37-19-8-13-29-12-4-5-14-32(29)37)31-24-25-34-36-17-9-16-35-33-15-6-7-18-38(33)42(40(35)36)39(34)26-31/h1-26H. The lowest BCUT2D eigenvalue weighted by Crippen LogP contribution is -2.10. The first-order chi connectivity index (χ1) is 20.8. The van der Waals surface area contributed by atoms with E-state index in [1.165, 1.54) is 65.7 Å². The van der Waals surface area contributed by atoms with Crippen molar-refractivity contribution in [2.45, 2.75) is 0 Å². The van der Waals surface area contributed by atoms with Crippen molar-refractivity contribution in [3.05, 3.63) is 158 Å². The van der Waals surface area contributed by atoms with E-state index in [4.69, 9.17) is 0 Å². The van der Waals surface area contributed by atoms with E-state index in [0.717, 1.165) is 11.4 Å². The average Bonchev–Trinajstić information content (AvgIpc) is 3.58. The van der Waals surface area contributed by atoms with Gasteiger partial charge in [-0.25, -0.2) is 0 Å². The first kappa shape index (κ1) is 23.1. The van der Waals surface area contributed by atoms with E-state index in [1.54, 1.807) is 0 Å². The smallest absolute Gasteiger partial charge is 0.0620 e. The summed E-state index contributed by atoms with van der Waals surface area (Å²) in [5.74, 6) is 0. The van der Waals surface area contributed by atoms with E-state index >= 15 is 0 Å². The normalized spacial score (nSPS) is 11.8. The molecule has 2 nitrogen and oxygen atoms in total. The van der Waals surface area contributed by atoms with Gasteiger partial charge < -0.3 is 9.30 Å². The van der Waals surface area contributed by atoms with Gasteiger partial charge in [0.1, 0.15) is 0 Å². The molecule has 0 saturated carbocycles. The van der Waals surface area contributed by atoms with Crippen LogP contribution in [0.2, 0.25) is 0 Å². The zero-order chi connectivity index (χ0) is 27.6. The Morgan fingerprint density at radius 1 is 0.381 bits per heavy atom. The summed E-state index contributed by atoms with van der Waals surface area (Å²) < 4.78 is 2.46. The van der Waals surface area contributed by atoms with Gasteiger partial charge in [-0.05, 0) is 52.9 Å². The van der Waals surface area contributed by atoms with Gasteiger partial charge in [0.05, 0.1) is 22.2 Å². The monoisotopic (exact) mass is 534 g/mol. The Hall–Kier alpha value is -5.60. The Morgan fingerprint density at radius 2 is 0.976 bits per heavy atom. The lowest BCUT2D eigenvalue weighted by atomic mass is 10.0. The third kappa shape index (κ3) is 3.33. The Balaban J connectivity index is 1.32. The second-order valence-electron chi connectivity index (χ2n) is 11.0. The van der Waals surface area contributed by atoms with Crippen molar-refractivity contribution >= 4 is 65.9 Å². The minimum atomic E-state index is 1.13. The van der Waals surface area contributed by atoms with Crippen molar-refractivity contribution in [2.75, 3.05) is 4.90 Å². The lowest BCUT2D eigenvalue weighted by Gasteiger charge is -2.27. The van der Waals surface area contributed by atoms with Crippen molar-refractivity contribution < 1.29 is 0 Å². The van der Waals surface area contributed by atoms with E-state index in [-0.39, 0.29) is 0 Å². The third-order valence-corrected chi connectivity index (χ3v) is 8.71. The molecule has 0 saturated heterocycles. The highest BCUT2D eigenvalue weighted by molar-refractivity contribution is 6.23. The minimum Gasteiger partial charge on any atom is -0.310 e. The summed E-state index contributed by atoms with van der Waals surface area (Å²) in [7, 11) is 0. The zero-order valence-electron chi connectivity index (χ0n) is 22.9. The Labute approximate surface area is 243 Å². The molecule has 0 aliphatic carbocycles. The van der Waals surface area contributed by atoms with Crippen LogP contribution in [0.4, 0.5) is 17.1 Å². The molecule has 0 N–H and O–H groups in total. The van der Waals surface area contributed by atoms with E-state index in [9.17, 15) is 0 Å². The molecule has 9 aromatic rings. The van der Waals surface area contributed by atoms with Crippen LogP contribution in [0.25, 0.3) is 60.0 Å². The summed E-state index contributed by atoms with van der Waals surface area (Å²) in [5, 5.41) is 7.64. The maximum atomic E-state index is 2.46. The second-order valence-corrected chi connectivity index (χ2v) is 11.0. The van der Waals surface area contributed by atoms with Crippen LogP contribution in [-0.4, -0.2) is 4.40 Å². The SMILES string of the molecule is c1ccc(-c2ccc(N(c3ccc4c5cccc6c7ccccc7n(c4c3)c65)c3cccc4ccccc34)cc2)cc1. The van der Waals surface area contributed by atoms with Gasteiger partial charge in [0, 0.05) is 38.3 Å². The molecule has 0 aliphatic heterocycles. The molecule has 0 unspecified atom stereocenters. The van der Waals surface area contributed by atoms with Crippen molar-refractivity contribution in [3.8, 4) is 11.1 Å². The van der Waals surface area contributed by atoms with Gasteiger partial charge in [-0.2, -0.15) is 0 Å². The predicted octanol–water partition coefficient (Wildman–Crippen LogP) is 11.1. The van der Waals surface area contributed by atoms with Crippen molar-refractivity contribution in [3.63, 3.8) is 0 Å². The summed E-state index contributed by atoms with van der Waals surface area (Å²) in [4.78, 5) is 2.41. The number of hydrogen-bond donors (Lipinski definition) is 0. The van der Waals surface area contributed by atoms with Crippen LogP contribution in [-0.2, 0) is 0 Å². The van der Waals surface area contributed by atoms with Crippen LogP contribution in [0.5, 0.6) is 0 Å². The fourth-order valence-electron chi connectivity index (χ4n) is 6.82. The molecular weight excluding hydrogens is 508 g/mol. The molecule has 2 aromatic heterocycles. The number of rotatable bonds is 4. The number of anilines is 3. The molecular formula is C40H26N2. The van der Waals surface area contributed by atoms with Crippen molar-refractivity contribution in [1.82, 2.24) is 4.40 Å². The van der Waals surface area contributed by atoms with Crippen LogP contribution in [0.15, 0.2) is 158 Å². The third-order valence-electron chi connectivity index (χ3n) is 8.71. The molecule has 0 radical (unpaired) electrons. The molecule has 7 aromatic carbocycles. The van der Waals surface area contributed by atoms with Gasteiger partial charge in [0.15, 0.2) is 0 Å². The van der Waals surface area contributed by atoms with Gasteiger partial charge >= 0.3 is 0 Å². The van der Waals surface area contributed by atoms with Crippen LogP contribution in [0, 0.1) is 0 Å². The summed E-state index contributed by atoms with van der Waals surface area (Å²) >= 11 is 0. The molecule has 2 heterocycles. The molecule has 0 fully saturated rings. The maximum absolute atomic E-state index is 2.46.